The van der Waals surface area contributed by atoms with Crippen molar-refractivity contribution in [3.8, 4) is 0 Å². The Morgan fingerprint density at radius 2 is 2.10 bits per heavy atom. The van der Waals surface area contributed by atoms with Gasteiger partial charge in [0.05, 0.1) is 17.0 Å². The highest BCUT2D eigenvalue weighted by Crippen LogP contribution is 2.27. The van der Waals surface area contributed by atoms with Crippen molar-refractivity contribution in [2.45, 2.75) is 18.9 Å². The first kappa shape index (κ1) is 13.4. The summed E-state index contributed by atoms with van der Waals surface area (Å²) in [5.41, 5.74) is 1.55. The molecule has 0 atom stereocenters. The molecule has 0 unspecified atom stereocenters. The summed E-state index contributed by atoms with van der Waals surface area (Å²) in [4.78, 5) is 37.0. The molecule has 3 N–H and O–H groups in total. The number of aromatic amines is 1. The molecule has 7 nitrogen and oxygen atoms in total. The van der Waals surface area contributed by atoms with Crippen molar-refractivity contribution < 1.29 is 14.7 Å². The molecule has 1 fully saturated rings. The number of carbonyl (C=O) groups excluding carboxylic acids is 1. The third-order valence-electron chi connectivity index (χ3n) is 3.99. The van der Waals surface area contributed by atoms with Crippen LogP contribution in [0, 0.1) is 5.92 Å². The second-order valence-electron chi connectivity index (χ2n) is 5.40. The van der Waals surface area contributed by atoms with Crippen LogP contribution in [-0.2, 0) is 11.8 Å². The van der Waals surface area contributed by atoms with Gasteiger partial charge in [-0.25, -0.2) is 4.79 Å². The maximum atomic E-state index is 12.1. The van der Waals surface area contributed by atoms with E-state index in [-0.39, 0.29) is 23.6 Å². The van der Waals surface area contributed by atoms with E-state index in [0.29, 0.717) is 23.9 Å². The summed E-state index contributed by atoms with van der Waals surface area (Å²) >= 11 is 0. The van der Waals surface area contributed by atoms with Gasteiger partial charge in [0, 0.05) is 18.7 Å². The van der Waals surface area contributed by atoms with Crippen LogP contribution in [-0.4, -0.2) is 32.6 Å². The van der Waals surface area contributed by atoms with Gasteiger partial charge >= 0.3 is 11.7 Å². The summed E-state index contributed by atoms with van der Waals surface area (Å²) in [6.45, 7) is 0. The van der Waals surface area contributed by atoms with Gasteiger partial charge in [0.15, 0.2) is 0 Å². The van der Waals surface area contributed by atoms with Crippen LogP contribution >= 0.6 is 0 Å². The highest BCUT2D eigenvalue weighted by molar-refractivity contribution is 5.97. The van der Waals surface area contributed by atoms with Crippen LogP contribution in [0.15, 0.2) is 23.0 Å². The fourth-order valence-electron chi connectivity index (χ4n) is 2.58. The average Bonchev–Trinajstić information content (AvgIpc) is 2.67. The number of carboxylic acids is 1. The monoisotopic (exact) mass is 289 g/mol. The van der Waals surface area contributed by atoms with Gasteiger partial charge in [-0.1, -0.05) is 0 Å². The Kier molecular flexibility index (Phi) is 3.04. The maximum Gasteiger partial charge on any atom is 0.326 e. The number of benzene rings is 1. The Balaban J connectivity index is 1.73. The first-order valence-corrected chi connectivity index (χ1v) is 6.68. The van der Waals surface area contributed by atoms with Gasteiger partial charge in [-0.2, -0.15) is 0 Å². The second kappa shape index (κ2) is 4.76. The quantitative estimate of drug-likeness (QED) is 0.763. The number of H-pyrrole nitrogens is 1. The number of aryl methyl sites for hydroxylation is 1. The number of hydrogen-bond acceptors (Lipinski definition) is 3. The van der Waals surface area contributed by atoms with Gasteiger partial charge in [-0.15, -0.1) is 0 Å². The number of fused-ring (bicyclic) bond motifs is 1. The molecule has 1 amide bonds. The maximum absolute atomic E-state index is 12.1. The van der Waals surface area contributed by atoms with Crippen LogP contribution < -0.4 is 11.0 Å². The Morgan fingerprint density at radius 1 is 1.38 bits per heavy atom. The largest absolute Gasteiger partial charge is 0.481 e. The number of aliphatic carboxylic acids is 1. The summed E-state index contributed by atoms with van der Waals surface area (Å²) in [7, 11) is 1.65. The van der Waals surface area contributed by atoms with Crippen molar-refractivity contribution in [3.05, 3.63) is 34.2 Å². The molecule has 0 saturated heterocycles. The Hall–Kier alpha value is -2.57. The Bertz CT molecular complexity index is 783. The molecule has 1 aliphatic rings. The van der Waals surface area contributed by atoms with Crippen LogP contribution in [0.5, 0.6) is 0 Å². The molecule has 21 heavy (non-hydrogen) atoms. The Morgan fingerprint density at radius 3 is 2.76 bits per heavy atom. The fraction of sp³-hybridized carbons (Fsp3) is 0.357. The molecule has 1 aromatic heterocycles. The second-order valence-corrected chi connectivity index (χ2v) is 5.40. The Labute approximate surface area is 119 Å². The third kappa shape index (κ3) is 2.31. The number of nitrogens with zero attached hydrogens (tertiary/aromatic N) is 1. The normalized spacial score (nSPS) is 21.0. The van der Waals surface area contributed by atoms with E-state index in [1.165, 1.54) is 4.57 Å². The molecule has 1 aromatic carbocycles. The smallest absolute Gasteiger partial charge is 0.326 e. The number of aromatic nitrogens is 2. The number of carbonyl (C=O) groups is 2. The zero-order chi connectivity index (χ0) is 15.1. The number of rotatable bonds is 3. The standard InChI is InChI=1S/C14H15N3O4/c1-17-11-3-2-7(6-10(11)16-14(17)21)12(18)15-9-4-8(5-9)13(19)20/h2-3,6,8-9H,4-5H2,1H3,(H,15,18)(H,16,21)(H,19,20). The van der Waals surface area contributed by atoms with E-state index in [0.717, 1.165) is 5.52 Å². The lowest BCUT2D eigenvalue weighted by Gasteiger charge is -2.32. The SMILES string of the molecule is Cn1c(=O)[nH]c2cc(C(=O)NC3CC(C(=O)O)C3)ccc21. The van der Waals surface area contributed by atoms with Gasteiger partial charge in [-0.3, -0.25) is 14.2 Å². The van der Waals surface area contributed by atoms with E-state index in [2.05, 4.69) is 10.3 Å². The third-order valence-corrected chi connectivity index (χ3v) is 3.99. The van der Waals surface area contributed by atoms with Gasteiger partial charge in [0.1, 0.15) is 0 Å². The van der Waals surface area contributed by atoms with E-state index in [9.17, 15) is 14.4 Å². The van der Waals surface area contributed by atoms with Crippen LogP contribution in [0.25, 0.3) is 11.0 Å². The number of hydrogen-bond donors (Lipinski definition) is 3. The molecule has 2 aromatic rings. The summed E-state index contributed by atoms with van der Waals surface area (Å²) in [6, 6.07) is 4.89. The zero-order valence-corrected chi connectivity index (χ0v) is 11.4. The molecule has 1 aliphatic carbocycles. The summed E-state index contributed by atoms with van der Waals surface area (Å²) < 4.78 is 1.47. The van der Waals surface area contributed by atoms with Crippen LogP contribution in [0.3, 0.4) is 0 Å². The van der Waals surface area contributed by atoms with E-state index < -0.39 is 5.97 Å². The number of nitrogens with one attached hydrogen (secondary N) is 2. The average molecular weight is 289 g/mol. The number of imidazole rings is 1. The molecular formula is C14H15N3O4. The molecule has 110 valence electrons. The van der Waals surface area contributed by atoms with E-state index in [1.54, 1.807) is 25.2 Å². The van der Waals surface area contributed by atoms with Crippen molar-refractivity contribution in [2.24, 2.45) is 13.0 Å². The minimum absolute atomic E-state index is 0.0934. The van der Waals surface area contributed by atoms with Gasteiger partial charge in [-0.05, 0) is 31.0 Å². The minimum Gasteiger partial charge on any atom is -0.481 e. The summed E-state index contributed by atoms with van der Waals surface area (Å²) in [5.74, 6) is -1.43. The minimum atomic E-state index is -0.816. The molecule has 0 radical (unpaired) electrons. The van der Waals surface area contributed by atoms with E-state index >= 15 is 0 Å². The first-order chi connectivity index (χ1) is 9.95. The molecule has 1 saturated carbocycles. The highest BCUT2D eigenvalue weighted by atomic mass is 16.4. The van der Waals surface area contributed by atoms with Crippen molar-refractivity contribution in [2.75, 3.05) is 0 Å². The molecule has 0 bridgehead atoms. The van der Waals surface area contributed by atoms with Gasteiger partial charge in [0.25, 0.3) is 5.91 Å². The summed E-state index contributed by atoms with van der Waals surface area (Å²) in [6.07, 6.45) is 0.928. The fourth-order valence-corrected chi connectivity index (χ4v) is 2.58. The van der Waals surface area contributed by atoms with Crippen molar-refractivity contribution in [1.82, 2.24) is 14.9 Å². The summed E-state index contributed by atoms with van der Waals surface area (Å²) in [5, 5.41) is 11.6. The lowest BCUT2D eigenvalue weighted by atomic mass is 9.80. The molecule has 0 spiro atoms. The molecule has 7 heteroatoms. The predicted molar refractivity (Wildman–Crippen MR) is 75.2 cm³/mol. The number of amides is 1. The van der Waals surface area contributed by atoms with Gasteiger partial charge < -0.3 is 15.4 Å². The van der Waals surface area contributed by atoms with Gasteiger partial charge in [0.2, 0.25) is 0 Å². The number of carboxylic acid groups (broad SMARTS) is 1. The highest BCUT2D eigenvalue weighted by Gasteiger charge is 2.35. The van der Waals surface area contributed by atoms with Crippen molar-refractivity contribution in [1.29, 1.82) is 0 Å². The predicted octanol–water partition coefficient (Wildman–Crippen LogP) is 0.460. The lowest BCUT2D eigenvalue weighted by Crippen LogP contribution is -2.46. The molecular weight excluding hydrogens is 274 g/mol. The van der Waals surface area contributed by atoms with E-state index in [1.807, 2.05) is 0 Å². The lowest BCUT2D eigenvalue weighted by molar-refractivity contribution is -0.145. The van der Waals surface area contributed by atoms with Crippen LogP contribution in [0.4, 0.5) is 0 Å². The van der Waals surface area contributed by atoms with E-state index in [4.69, 9.17) is 5.11 Å². The topological polar surface area (TPSA) is 104 Å². The first-order valence-electron chi connectivity index (χ1n) is 6.68. The van der Waals surface area contributed by atoms with Crippen LogP contribution in [0.1, 0.15) is 23.2 Å². The van der Waals surface area contributed by atoms with Crippen LogP contribution in [0.2, 0.25) is 0 Å². The van der Waals surface area contributed by atoms with Crippen molar-refractivity contribution >= 4 is 22.9 Å². The molecule has 0 aliphatic heterocycles. The molecule has 3 rings (SSSR count). The molecule has 1 heterocycles. The zero-order valence-electron chi connectivity index (χ0n) is 11.4. The van der Waals surface area contributed by atoms with Crippen molar-refractivity contribution in [3.63, 3.8) is 0 Å².